The summed E-state index contributed by atoms with van der Waals surface area (Å²) in [4.78, 5) is 18.9. The molecule has 3 heterocycles. The number of aromatic nitrogens is 1. The number of aryl methyl sites for hydroxylation is 1. The summed E-state index contributed by atoms with van der Waals surface area (Å²) in [6, 6.07) is 7.38. The van der Waals surface area contributed by atoms with Crippen molar-refractivity contribution in [3.8, 4) is 6.07 Å². The predicted octanol–water partition coefficient (Wildman–Crippen LogP) is 3.08. The van der Waals surface area contributed by atoms with E-state index in [9.17, 15) is 4.79 Å². The van der Waals surface area contributed by atoms with E-state index in [1.54, 1.807) is 13.1 Å². The lowest BCUT2D eigenvalue weighted by molar-refractivity contribution is 0.0730. The van der Waals surface area contributed by atoms with Crippen LogP contribution in [0.2, 0.25) is 0 Å². The molecule has 0 N–H and O–H groups in total. The number of likely N-dealkylation sites (tertiary alicyclic amines) is 1. The van der Waals surface area contributed by atoms with Gasteiger partial charge < -0.3 is 9.32 Å². The minimum atomic E-state index is -0.0825. The van der Waals surface area contributed by atoms with Crippen LogP contribution in [0.5, 0.6) is 0 Å². The summed E-state index contributed by atoms with van der Waals surface area (Å²) in [7, 11) is 0. The highest BCUT2D eigenvalue weighted by Gasteiger charge is 2.35. The van der Waals surface area contributed by atoms with Crippen molar-refractivity contribution in [3.63, 3.8) is 0 Å². The molecule has 0 unspecified atom stereocenters. The van der Waals surface area contributed by atoms with Crippen molar-refractivity contribution in [3.05, 3.63) is 53.2 Å². The number of hydrogen-bond acceptors (Lipinski definition) is 4. The molecule has 1 aliphatic rings. The lowest BCUT2D eigenvalue weighted by atomic mass is 10.0. The summed E-state index contributed by atoms with van der Waals surface area (Å²) in [5.74, 6) is 1.01. The van der Waals surface area contributed by atoms with E-state index in [2.05, 4.69) is 11.9 Å². The van der Waals surface area contributed by atoms with Crippen LogP contribution in [0, 0.1) is 24.2 Å². The van der Waals surface area contributed by atoms with Crippen molar-refractivity contribution in [2.24, 2.45) is 5.92 Å². The van der Waals surface area contributed by atoms with E-state index < -0.39 is 0 Å². The minimum absolute atomic E-state index is 0.0241. The van der Waals surface area contributed by atoms with Gasteiger partial charge in [-0.1, -0.05) is 13.0 Å². The highest BCUT2D eigenvalue weighted by molar-refractivity contribution is 5.96. The summed E-state index contributed by atoms with van der Waals surface area (Å²) in [5, 5.41) is 8.92. The number of nitrogens with zero attached hydrogens (tertiary/aromatic N) is 3. The number of pyridine rings is 1. The van der Waals surface area contributed by atoms with E-state index in [0.29, 0.717) is 23.8 Å². The quantitative estimate of drug-likeness (QED) is 0.853. The Morgan fingerprint density at radius 3 is 3.00 bits per heavy atom. The number of hydrogen-bond donors (Lipinski definition) is 0. The second-order valence-electron chi connectivity index (χ2n) is 5.79. The van der Waals surface area contributed by atoms with Gasteiger partial charge in [0, 0.05) is 25.0 Å². The molecule has 1 saturated heterocycles. The molecule has 0 spiro atoms. The summed E-state index contributed by atoms with van der Waals surface area (Å²) in [6.45, 7) is 4.55. The number of carbonyl (C=O) groups is 1. The topological polar surface area (TPSA) is 70.1 Å². The number of amides is 1. The van der Waals surface area contributed by atoms with Crippen LogP contribution in [-0.4, -0.2) is 22.3 Å². The number of furan rings is 1. The molecule has 1 aliphatic heterocycles. The maximum atomic E-state index is 12.9. The van der Waals surface area contributed by atoms with Crippen LogP contribution in [-0.2, 0) is 0 Å². The summed E-state index contributed by atoms with van der Waals surface area (Å²) >= 11 is 0. The Labute approximate surface area is 129 Å². The van der Waals surface area contributed by atoms with Gasteiger partial charge in [-0.3, -0.25) is 9.78 Å². The van der Waals surface area contributed by atoms with Gasteiger partial charge in [-0.15, -0.1) is 0 Å². The van der Waals surface area contributed by atoms with E-state index in [1.165, 1.54) is 6.07 Å². The van der Waals surface area contributed by atoms with Crippen molar-refractivity contribution in [2.45, 2.75) is 26.3 Å². The molecule has 0 radical (unpaired) electrons. The number of nitriles is 1. The fourth-order valence-corrected chi connectivity index (χ4v) is 3.06. The van der Waals surface area contributed by atoms with Gasteiger partial charge in [0.2, 0.25) is 5.76 Å². The first kappa shape index (κ1) is 14.3. The largest absolute Gasteiger partial charge is 0.450 e. The Balaban J connectivity index is 1.93. The van der Waals surface area contributed by atoms with Gasteiger partial charge in [0.1, 0.15) is 11.8 Å². The average Bonchev–Trinajstić information content (AvgIpc) is 3.10. The first-order valence-corrected chi connectivity index (χ1v) is 7.31. The molecule has 5 heteroatoms. The molecular weight excluding hydrogens is 278 g/mol. The Hall–Kier alpha value is -2.61. The lowest BCUT2D eigenvalue weighted by Gasteiger charge is -2.24. The molecule has 22 heavy (non-hydrogen) atoms. The first-order chi connectivity index (χ1) is 10.6. The molecule has 2 aromatic rings. The maximum absolute atomic E-state index is 12.9. The zero-order valence-electron chi connectivity index (χ0n) is 12.6. The fraction of sp³-hybridized carbons (Fsp3) is 0.353. The molecule has 2 aromatic heterocycles. The molecule has 0 aromatic carbocycles. The Kier molecular flexibility index (Phi) is 3.68. The molecule has 2 atom stereocenters. The van der Waals surface area contributed by atoms with Gasteiger partial charge in [-0.05, 0) is 30.9 Å². The third-order valence-corrected chi connectivity index (χ3v) is 4.10. The van der Waals surface area contributed by atoms with Crippen LogP contribution in [0.15, 0.2) is 35.0 Å². The Bertz CT molecular complexity index is 730. The van der Waals surface area contributed by atoms with Crippen LogP contribution in [0.1, 0.15) is 46.8 Å². The molecule has 0 saturated carbocycles. The predicted molar refractivity (Wildman–Crippen MR) is 80.0 cm³/mol. The summed E-state index contributed by atoms with van der Waals surface area (Å²) in [5.41, 5.74) is 1.52. The smallest absolute Gasteiger partial charge is 0.257 e. The lowest BCUT2D eigenvalue weighted by Crippen LogP contribution is -2.31. The van der Waals surface area contributed by atoms with E-state index >= 15 is 0 Å². The minimum Gasteiger partial charge on any atom is -0.450 e. The van der Waals surface area contributed by atoms with Crippen LogP contribution in [0.25, 0.3) is 0 Å². The first-order valence-electron chi connectivity index (χ1n) is 7.31. The maximum Gasteiger partial charge on any atom is 0.257 e. The van der Waals surface area contributed by atoms with E-state index in [-0.39, 0.29) is 17.7 Å². The third kappa shape index (κ3) is 2.48. The molecule has 0 bridgehead atoms. The van der Waals surface area contributed by atoms with Crippen molar-refractivity contribution in [1.29, 1.82) is 5.26 Å². The van der Waals surface area contributed by atoms with Crippen molar-refractivity contribution in [1.82, 2.24) is 9.88 Å². The monoisotopic (exact) mass is 295 g/mol. The van der Waals surface area contributed by atoms with Crippen molar-refractivity contribution < 1.29 is 9.21 Å². The van der Waals surface area contributed by atoms with Crippen LogP contribution >= 0.6 is 0 Å². The van der Waals surface area contributed by atoms with Crippen LogP contribution in [0.4, 0.5) is 0 Å². The highest BCUT2D eigenvalue weighted by Crippen LogP contribution is 2.36. The standard InChI is InChI=1S/C17H17N3O2/c1-11-6-16(13-4-3-5-19-9-13)20(10-11)17(21)15-7-14(8-18)22-12(15)2/h3-5,7,9,11,16H,6,10H2,1-2H3/t11-,16-/m1/s1. The summed E-state index contributed by atoms with van der Waals surface area (Å²) < 4.78 is 5.29. The van der Waals surface area contributed by atoms with Gasteiger partial charge in [-0.25, -0.2) is 0 Å². The number of carbonyl (C=O) groups excluding carboxylic acids is 1. The van der Waals surface area contributed by atoms with Crippen molar-refractivity contribution >= 4 is 5.91 Å². The van der Waals surface area contributed by atoms with Crippen molar-refractivity contribution in [2.75, 3.05) is 6.54 Å². The number of rotatable bonds is 2. The zero-order valence-corrected chi connectivity index (χ0v) is 12.6. The molecule has 3 rings (SSSR count). The van der Waals surface area contributed by atoms with Gasteiger partial charge in [0.25, 0.3) is 5.91 Å². The van der Waals surface area contributed by atoms with Gasteiger partial charge in [0.15, 0.2) is 0 Å². The second kappa shape index (κ2) is 5.64. The normalized spacial score (nSPS) is 20.9. The molecule has 5 nitrogen and oxygen atoms in total. The van der Waals surface area contributed by atoms with E-state index in [4.69, 9.17) is 9.68 Å². The molecule has 1 amide bonds. The zero-order chi connectivity index (χ0) is 15.7. The van der Waals surface area contributed by atoms with Gasteiger partial charge in [0.05, 0.1) is 11.6 Å². The van der Waals surface area contributed by atoms with Crippen LogP contribution < -0.4 is 0 Å². The molecule has 112 valence electrons. The second-order valence-corrected chi connectivity index (χ2v) is 5.79. The van der Waals surface area contributed by atoms with Crippen LogP contribution in [0.3, 0.4) is 0 Å². The summed E-state index contributed by atoms with van der Waals surface area (Å²) in [6.07, 6.45) is 4.46. The molecule has 1 fully saturated rings. The van der Waals surface area contributed by atoms with E-state index in [1.807, 2.05) is 29.3 Å². The Morgan fingerprint density at radius 2 is 2.36 bits per heavy atom. The SMILES string of the molecule is Cc1oc(C#N)cc1C(=O)N1C[C@H](C)C[C@@H]1c1cccnc1. The van der Waals surface area contributed by atoms with E-state index in [0.717, 1.165) is 12.0 Å². The van der Waals surface area contributed by atoms with Gasteiger partial charge >= 0.3 is 0 Å². The highest BCUT2D eigenvalue weighted by atomic mass is 16.3. The average molecular weight is 295 g/mol. The van der Waals surface area contributed by atoms with Gasteiger partial charge in [-0.2, -0.15) is 5.26 Å². The third-order valence-electron chi connectivity index (χ3n) is 4.10. The molecular formula is C17H17N3O2. The Morgan fingerprint density at radius 1 is 1.55 bits per heavy atom. The molecule has 0 aliphatic carbocycles. The fourth-order valence-electron chi connectivity index (χ4n) is 3.06.